The Bertz CT molecular complexity index is 490. The minimum Gasteiger partial charge on any atom is -0.395 e. The largest absolute Gasteiger partial charge is 0.586 e. The van der Waals surface area contributed by atoms with Crippen molar-refractivity contribution < 1.29 is 18.3 Å². The van der Waals surface area contributed by atoms with E-state index in [4.69, 9.17) is 9.47 Å². The summed E-state index contributed by atoms with van der Waals surface area (Å²) < 4.78 is 36.6. The number of hydrogen-bond donors (Lipinski definition) is 0. The van der Waals surface area contributed by atoms with Crippen molar-refractivity contribution >= 4 is 0 Å². The Morgan fingerprint density at radius 1 is 0.810 bits per heavy atom. The predicted molar refractivity (Wildman–Crippen MR) is 79.0 cm³/mol. The summed E-state index contributed by atoms with van der Waals surface area (Å²) in [6.07, 6.45) is -2.25. The van der Waals surface area contributed by atoms with Crippen LogP contribution in [-0.2, 0) is 12.8 Å². The quantitative estimate of drug-likeness (QED) is 0.748. The fraction of sp³-hybridized carbons (Fsp3) is 0.647. The monoisotopic (exact) mass is 298 g/mol. The first-order chi connectivity index (χ1) is 9.36. The molecular formula is C17H24F2O2. The molecule has 0 saturated heterocycles. The highest BCUT2D eigenvalue weighted by Gasteiger charge is 2.46. The Labute approximate surface area is 125 Å². The second-order valence-corrected chi connectivity index (χ2v) is 8.18. The molecule has 1 aromatic carbocycles. The second kappa shape index (κ2) is 4.85. The lowest BCUT2D eigenvalue weighted by molar-refractivity contribution is -0.287. The highest BCUT2D eigenvalue weighted by Crippen LogP contribution is 2.48. The molecule has 0 radical (unpaired) electrons. The van der Waals surface area contributed by atoms with Crippen molar-refractivity contribution in [3.05, 3.63) is 23.3 Å². The van der Waals surface area contributed by atoms with Crippen LogP contribution in [0.2, 0.25) is 0 Å². The zero-order valence-corrected chi connectivity index (χ0v) is 13.6. The fourth-order valence-corrected chi connectivity index (χ4v) is 2.55. The molecule has 0 amide bonds. The van der Waals surface area contributed by atoms with Gasteiger partial charge in [0.2, 0.25) is 0 Å². The van der Waals surface area contributed by atoms with E-state index in [1.807, 2.05) is 12.1 Å². The molecule has 0 unspecified atom stereocenters. The smallest absolute Gasteiger partial charge is 0.395 e. The average molecular weight is 298 g/mol. The van der Waals surface area contributed by atoms with Crippen LogP contribution < -0.4 is 9.47 Å². The van der Waals surface area contributed by atoms with Crippen molar-refractivity contribution in [3.8, 4) is 11.5 Å². The van der Waals surface area contributed by atoms with Gasteiger partial charge in [-0.15, -0.1) is 8.78 Å². The SMILES string of the molecule is CC(C)(C)Cc1ccc(CC(C)(C)C)c2c1OC(F)(F)O2. The number of ether oxygens (including phenoxy) is 2. The Morgan fingerprint density at radius 3 is 1.43 bits per heavy atom. The third-order valence-corrected chi connectivity index (χ3v) is 3.16. The molecule has 2 rings (SSSR count). The van der Waals surface area contributed by atoms with Gasteiger partial charge in [0.05, 0.1) is 0 Å². The molecule has 4 heteroatoms. The molecule has 0 N–H and O–H groups in total. The summed E-state index contributed by atoms with van der Waals surface area (Å²) in [4.78, 5) is 0. The van der Waals surface area contributed by atoms with Gasteiger partial charge < -0.3 is 9.47 Å². The zero-order valence-electron chi connectivity index (χ0n) is 13.6. The summed E-state index contributed by atoms with van der Waals surface area (Å²) in [5.74, 6) is 0.411. The molecular weight excluding hydrogens is 274 g/mol. The topological polar surface area (TPSA) is 18.5 Å². The molecule has 1 aromatic rings. The summed E-state index contributed by atoms with van der Waals surface area (Å²) in [6.45, 7) is 12.4. The molecule has 0 fully saturated rings. The van der Waals surface area contributed by atoms with Crippen LogP contribution in [0.5, 0.6) is 11.5 Å². The number of halogens is 2. The molecule has 2 nitrogen and oxygen atoms in total. The predicted octanol–water partition coefficient (Wildman–Crippen LogP) is 5.19. The van der Waals surface area contributed by atoms with Crippen LogP contribution in [0.15, 0.2) is 12.1 Å². The Kier molecular flexibility index (Phi) is 3.71. The number of alkyl halides is 2. The molecule has 0 bridgehead atoms. The molecule has 1 aliphatic rings. The van der Waals surface area contributed by atoms with Crippen LogP contribution in [0.3, 0.4) is 0 Å². The minimum absolute atomic E-state index is 0.0133. The summed E-state index contributed by atoms with van der Waals surface area (Å²) in [6, 6.07) is 3.77. The zero-order chi connectivity index (χ0) is 16.1. The van der Waals surface area contributed by atoms with Crippen LogP contribution in [0, 0.1) is 10.8 Å². The average Bonchev–Trinajstić information content (AvgIpc) is 2.54. The van der Waals surface area contributed by atoms with E-state index in [0.717, 1.165) is 11.1 Å². The molecule has 21 heavy (non-hydrogen) atoms. The fourth-order valence-electron chi connectivity index (χ4n) is 2.55. The van der Waals surface area contributed by atoms with Crippen LogP contribution in [0.4, 0.5) is 8.78 Å². The Balaban J connectivity index is 2.44. The summed E-state index contributed by atoms with van der Waals surface area (Å²) in [7, 11) is 0. The molecule has 118 valence electrons. The summed E-state index contributed by atoms with van der Waals surface area (Å²) >= 11 is 0. The van der Waals surface area contributed by atoms with Gasteiger partial charge in [0.15, 0.2) is 11.5 Å². The van der Waals surface area contributed by atoms with Gasteiger partial charge in [-0.2, -0.15) is 0 Å². The molecule has 0 atom stereocenters. The van der Waals surface area contributed by atoms with Crippen LogP contribution in [-0.4, -0.2) is 6.29 Å². The van der Waals surface area contributed by atoms with Crippen molar-refractivity contribution in [2.24, 2.45) is 10.8 Å². The Morgan fingerprint density at radius 2 is 1.14 bits per heavy atom. The maximum atomic E-state index is 13.5. The number of hydrogen-bond acceptors (Lipinski definition) is 2. The van der Waals surface area contributed by atoms with Gasteiger partial charge >= 0.3 is 6.29 Å². The highest BCUT2D eigenvalue weighted by atomic mass is 19.3. The van der Waals surface area contributed by atoms with Gasteiger partial charge in [-0.1, -0.05) is 53.7 Å². The number of benzene rings is 1. The van der Waals surface area contributed by atoms with Gasteiger partial charge in [0.1, 0.15) is 0 Å². The summed E-state index contributed by atoms with van der Waals surface area (Å²) in [5.41, 5.74) is 1.51. The van der Waals surface area contributed by atoms with Crippen molar-refractivity contribution in [3.63, 3.8) is 0 Å². The molecule has 0 saturated carbocycles. The van der Waals surface area contributed by atoms with Gasteiger partial charge in [-0.05, 0) is 34.8 Å². The normalized spacial score (nSPS) is 17.1. The maximum Gasteiger partial charge on any atom is 0.586 e. The standard InChI is InChI=1S/C17H24F2O2/c1-15(2,3)9-11-7-8-12(10-16(4,5)6)14-13(11)20-17(18,19)21-14/h7-8H,9-10H2,1-6H3. The third-order valence-electron chi connectivity index (χ3n) is 3.16. The Hall–Kier alpha value is -1.32. The van der Waals surface area contributed by atoms with Crippen molar-refractivity contribution in [2.45, 2.75) is 60.7 Å². The van der Waals surface area contributed by atoms with Crippen LogP contribution >= 0.6 is 0 Å². The van der Waals surface area contributed by atoms with Gasteiger partial charge in [0, 0.05) is 0 Å². The van der Waals surface area contributed by atoms with Crippen molar-refractivity contribution in [1.82, 2.24) is 0 Å². The van der Waals surface area contributed by atoms with Crippen LogP contribution in [0.25, 0.3) is 0 Å². The van der Waals surface area contributed by atoms with E-state index in [9.17, 15) is 8.78 Å². The van der Waals surface area contributed by atoms with Gasteiger partial charge in [-0.3, -0.25) is 0 Å². The van der Waals surface area contributed by atoms with Crippen molar-refractivity contribution in [2.75, 3.05) is 0 Å². The molecule has 0 spiro atoms. The third kappa shape index (κ3) is 4.08. The maximum absolute atomic E-state index is 13.5. The molecule has 0 aromatic heterocycles. The number of rotatable bonds is 2. The first kappa shape index (κ1) is 16.1. The number of fused-ring (bicyclic) bond motifs is 1. The van der Waals surface area contributed by atoms with E-state index in [2.05, 4.69) is 41.5 Å². The van der Waals surface area contributed by atoms with E-state index in [0.29, 0.717) is 12.8 Å². The van der Waals surface area contributed by atoms with Crippen LogP contribution in [0.1, 0.15) is 52.7 Å². The van der Waals surface area contributed by atoms with E-state index in [-0.39, 0.29) is 22.3 Å². The summed E-state index contributed by atoms with van der Waals surface area (Å²) in [5, 5.41) is 0. The lowest BCUT2D eigenvalue weighted by Crippen LogP contribution is -2.26. The highest BCUT2D eigenvalue weighted by molar-refractivity contribution is 5.54. The molecule has 1 aliphatic heterocycles. The molecule has 0 aliphatic carbocycles. The molecule has 1 heterocycles. The first-order valence-electron chi connectivity index (χ1n) is 7.27. The second-order valence-electron chi connectivity index (χ2n) is 8.18. The lowest BCUT2D eigenvalue weighted by atomic mass is 9.84. The van der Waals surface area contributed by atoms with E-state index in [1.54, 1.807) is 0 Å². The first-order valence-corrected chi connectivity index (χ1v) is 7.27. The van der Waals surface area contributed by atoms with Gasteiger partial charge in [0.25, 0.3) is 0 Å². The minimum atomic E-state index is -3.57. The van der Waals surface area contributed by atoms with Crippen molar-refractivity contribution in [1.29, 1.82) is 0 Å². The van der Waals surface area contributed by atoms with E-state index in [1.165, 1.54) is 0 Å². The van der Waals surface area contributed by atoms with E-state index < -0.39 is 6.29 Å². The van der Waals surface area contributed by atoms with E-state index >= 15 is 0 Å². The lowest BCUT2D eigenvalue weighted by Gasteiger charge is -2.22. The van der Waals surface area contributed by atoms with Gasteiger partial charge in [-0.25, -0.2) is 0 Å².